The Morgan fingerprint density at radius 2 is 1.48 bits per heavy atom. The molecule has 0 spiro atoms. The summed E-state index contributed by atoms with van der Waals surface area (Å²) in [5, 5.41) is 0. The maximum absolute atomic E-state index is 12.2. The summed E-state index contributed by atoms with van der Waals surface area (Å²) in [6.45, 7) is 0. The Labute approximate surface area is 137 Å². The van der Waals surface area contributed by atoms with E-state index in [9.17, 15) is 13.2 Å². The normalized spacial score (nSPS) is 14.4. The molecule has 0 aromatic heterocycles. The predicted molar refractivity (Wildman–Crippen MR) is 88.6 cm³/mol. The van der Waals surface area contributed by atoms with E-state index in [0.717, 1.165) is 17.4 Å². The molecule has 0 amide bonds. The Kier molecular flexibility index (Phi) is 4.56. The average molecular weight is 388 g/mol. The van der Waals surface area contributed by atoms with Gasteiger partial charge in [0.2, 0.25) is 5.78 Å². The minimum atomic E-state index is -3.78. The van der Waals surface area contributed by atoms with Crippen LogP contribution in [-0.2, 0) is 9.84 Å². The standard InChI is InChI=1S/C15H12BrClO3S/c1-21(19,20)15(16,17)14(18)13-9-7-12(8-10-13)11-5-3-2-4-6-11/h2-10H,1H3. The van der Waals surface area contributed by atoms with Crippen LogP contribution in [0.1, 0.15) is 10.4 Å². The van der Waals surface area contributed by atoms with Crippen molar-refractivity contribution in [2.75, 3.05) is 6.26 Å². The van der Waals surface area contributed by atoms with E-state index in [4.69, 9.17) is 11.6 Å². The molecule has 0 radical (unpaired) electrons. The molecule has 2 aromatic rings. The van der Waals surface area contributed by atoms with Gasteiger partial charge in [0.1, 0.15) is 0 Å². The predicted octanol–water partition coefficient (Wildman–Crippen LogP) is 3.87. The number of hydrogen-bond acceptors (Lipinski definition) is 3. The van der Waals surface area contributed by atoms with Gasteiger partial charge in [0.05, 0.1) is 0 Å². The minimum absolute atomic E-state index is 0.229. The molecule has 1 unspecified atom stereocenters. The first-order valence-electron chi connectivity index (χ1n) is 6.01. The largest absolute Gasteiger partial charge is 0.290 e. The summed E-state index contributed by atoms with van der Waals surface area (Å²) in [4.78, 5) is 12.2. The topological polar surface area (TPSA) is 51.2 Å². The molecule has 2 rings (SSSR count). The van der Waals surface area contributed by atoms with Crippen LogP contribution in [0.2, 0.25) is 0 Å². The van der Waals surface area contributed by atoms with E-state index in [-0.39, 0.29) is 5.56 Å². The Bertz CT molecular complexity index is 753. The second kappa shape index (κ2) is 5.91. The lowest BCUT2D eigenvalue weighted by atomic mass is 10.0. The summed E-state index contributed by atoms with van der Waals surface area (Å²) in [5.41, 5.74) is 2.17. The molecular weight excluding hydrogens is 376 g/mol. The number of sulfone groups is 1. The molecule has 0 saturated carbocycles. The van der Waals surface area contributed by atoms with Crippen molar-refractivity contribution in [3.63, 3.8) is 0 Å². The lowest BCUT2D eigenvalue weighted by Gasteiger charge is -2.16. The second-order valence-corrected chi connectivity index (χ2v) is 9.68. The van der Waals surface area contributed by atoms with E-state index in [1.165, 1.54) is 0 Å². The van der Waals surface area contributed by atoms with Crippen LogP contribution < -0.4 is 0 Å². The van der Waals surface area contributed by atoms with Gasteiger partial charge in [0.25, 0.3) is 3.12 Å². The molecule has 0 bridgehead atoms. The van der Waals surface area contributed by atoms with E-state index < -0.39 is 18.7 Å². The molecule has 0 aliphatic carbocycles. The Morgan fingerprint density at radius 3 is 1.95 bits per heavy atom. The highest BCUT2D eigenvalue weighted by Gasteiger charge is 2.44. The van der Waals surface area contributed by atoms with Crippen molar-refractivity contribution in [3.8, 4) is 11.1 Å². The van der Waals surface area contributed by atoms with Crippen molar-refractivity contribution in [1.29, 1.82) is 0 Å². The van der Waals surface area contributed by atoms with Crippen LogP contribution in [0.3, 0.4) is 0 Å². The monoisotopic (exact) mass is 386 g/mol. The smallest absolute Gasteiger partial charge is 0.261 e. The fourth-order valence-corrected chi connectivity index (χ4v) is 2.57. The second-order valence-electron chi connectivity index (χ2n) is 4.56. The minimum Gasteiger partial charge on any atom is -0.290 e. The third-order valence-electron chi connectivity index (χ3n) is 2.98. The molecule has 110 valence electrons. The van der Waals surface area contributed by atoms with Gasteiger partial charge in [0.15, 0.2) is 9.84 Å². The molecule has 0 saturated heterocycles. The van der Waals surface area contributed by atoms with Crippen molar-refractivity contribution < 1.29 is 13.2 Å². The van der Waals surface area contributed by atoms with Crippen molar-refractivity contribution in [2.45, 2.75) is 3.12 Å². The Morgan fingerprint density at radius 1 is 1.00 bits per heavy atom. The number of ketones is 1. The third kappa shape index (κ3) is 3.36. The van der Waals surface area contributed by atoms with E-state index in [1.807, 2.05) is 30.3 Å². The Hall–Kier alpha value is -1.17. The summed E-state index contributed by atoms with van der Waals surface area (Å²) in [6.07, 6.45) is 0.908. The van der Waals surface area contributed by atoms with Gasteiger partial charge in [-0.25, -0.2) is 8.42 Å². The molecule has 0 aliphatic rings. The number of Topliss-reactive ketones (excluding diaryl/α,β-unsaturated/α-hetero) is 1. The number of halogens is 2. The molecule has 6 heteroatoms. The van der Waals surface area contributed by atoms with Gasteiger partial charge in [0, 0.05) is 11.8 Å². The lowest BCUT2D eigenvalue weighted by Crippen LogP contribution is -2.34. The average Bonchev–Trinajstić information content (AvgIpc) is 2.46. The van der Waals surface area contributed by atoms with Gasteiger partial charge < -0.3 is 0 Å². The summed E-state index contributed by atoms with van der Waals surface area (Å²) in [6, 6.07) is 16.3. The molecule has 1 atom stereocenters. The third-order valence-corrected chi connectivity index (χ3v) is 7.24. The van der Waals surface area contributed by atoms with E-state index in [2.05, 4.69) is 15.9 Å². The molecule has 2 aromatic carbocycles. The number of hydrogen-bond donors (Lipinski definition) is 0. The highest BCUT2D eigenvalue weighted by molar-refractivity contribution is 9.12. The molecule has 0 aliphatic heterocycles. The van der Waals surface area contributed by atoms with Crippen LogP contribution in [0.15, 0.2) is 54.6 Å². The number of benzene rings is 2. The first-order valence-corrected chi connectivity index (χ1v) is 9.07. The highest BCUT2D eigenvalue weighted by Crippen LogP contribution is 2.34. The molecular formula is C15H12BrClO3S. The van der Waals surface area contributed by atoms with Gasteiger partial charge in [-0.05, 0) is 27.1 Å². The summed E-state index contributed by atoms with van der Waals surface area (Å²) < 4.78 is 21.0. The zero-order chi connectivity index (χ0) is 15.7. The number of carbonyl (C=O) groups excluding carboxylic acids is 1. The number of rotatable bonds is 4. The summed E-state index contributed by atoms with van der Waals surface area (Å²) in [5.74, 6) is -0.703. The quantitative estimate of drug-likeness (QED) is 0.591. The SMILES string of the molecule is CS(=O)(=O)C(Cl)(Br)C(=O)c1ccc(-c2ccccc2)cc1. The van der Waals surface area contributed by atoms with E-state index in [1.54, 1.807) is 24.3 Å². The van der Waals surface area contributed by atoms with Crippen molar-refractivity contribution in [3.05, 3.63) is 60.2 Å². The first-order chi connectivity index (χ1) is 9.73. The van der Waals surface area contributed by atoms with Crippen molar-refractivity contribution in [1.82, 2.24) is 0 Å². The summed E-state index contributed by atoms with van der Waals surface area (Å²) >= 11 is 8.63. The fraction of sp³-hybridized carbons (Fsp3) is 0.133. The van der Waals surface area contributed by atoms with Crippen LogP contribution in [-0.4, -0.2) is 23.6 Å². The van der Waals surface area contributed by atoms with Gasteiger partial charge in [-0.2, -0.15) is 0 Å². The van der Waals surface area contributed by atoms with Crippen LogP contribution in [0.5, 0.6) is 0 Å². The van der Waals surface area contributed by atoms with Crippen molar-refractivity contribution >= 4 is 43.2 Å². The molecule has 0 heterocycles. The van der Waals surface area contributed by atoms with E-state index >= 15 is 0 Å². The number of alkyl halides is 2. The maximum atomic E-state index is 12.2. The van der Waals surface area contributed by atoms with Gasteiger partial charge >= 0.3 is 0 Å². The zero-order valence-corrected chi connectivity index (χ0v) is 14.2. The fourth-order valence-electron chi connectivity index (χ4n) is 1.78. The molecule has 3 nitrogen and oxygen atoms in total. The van der Waals surface area contributed by atoms with Gasteiger partial charge in [-0.15, -0.1) is 0 Å². The van der Waals surface area contributed by atoms with E-state index in [0.29, 0.717) is 0 Å². The van der Waals surface area contributed by atoms with Crippen LogP contribution >= 0.6 is 27.5 Å². The van der Waals surface area contributed by atoms with Gasteiger partial charge in [-0.1, -0.05) is 66.2 Å². The maximum Gasteiger partial charge on any atom is 0.261 e. The lowest BCUT2D eigenvalue weighted by molar-refractivity contribution is 0.1000. The Balaban J connectivity index is 2.34. The zero-order valence-electron chi connectivity index (χ0n) is 11.1. The first kappa shape index (κ1) is 16.2. The summed E-state index contributed by atoms with van der Waals surface area (Å²) in [7, 11) is -3.78. The molecule has 0 fully saturated rings. The molecule has 21 heavy (non-hydrogen) atoms. The van der Waals surface area contributed by atoms with Gasteiger partial charge in [-0.3, -0.25) is 4.79 Å². The van der Waals surface area contributed by atoms with Crippen LogP contribution in [0, 0.1) is 0 Å². The molecule has 0 N–H and O–H groups in total. The highest BCUT2D eigenvalue weighted by atomic mass is 79.9. The number of carbonyl (C=O) groups is 1. The van der Waals surface area contributed by atoms with Crippen LogP contribution in [0.4, 0.5) is 0 Å². The van der Waals surface area contributed by atoms with Crippen molar-refractivity contribution in [2.24, 2.45) is 0 Å². The van der Waals surface area contributed by atoms with Crippen LogP contribution in [0.25, 0.3) is 11.1 Å².